The molecular formula is C21H15N3OS. The Kier molecular flexibility index (Phi) is 4.53. The van der Waals surface area contributed by atoms with E-state index in [0.29, 0.717) is 0 Å². The minimum absolute atomic E-state index is 0.185. The van der Waals surface area contributed by atoms with Gasteiger partial charge in [-0.05, 0) is 42.0 Å². The van der Waals surface area contributed by atoms with Crippen LogP contribution in [0.25, 0.3) is 26.9 Å². The van der Waals surface area contributed by atoms with Crippen LogP contribution in [0.5, 0.6) is 0 Å². The molecule has 0 aliphatic heterocycles. The molecule has 0 unspecified atom stereocenters. The number of nitrogens with one attached hydrogen (secondary N) is 1. The second-order valence-corrected chi connectivity index (χ2v) is 6.71. The standard InChI is InChI=1S/C21H15N3OS/c25-20(11-10-15-5-4-12-22-14-15)23-17-7-3-6-16(13-17)21-24-18-8-1-2-9-19(18)26-21/h1-14H,(H,23,25)/b11-10+. The Morgan fingerprint density at radius 3 is 2.81 bits per heavy atom. The highest BCUT2D eigenvalue weighted by atomic mass is 32.1. The summed E-state index contributed by atoms with van der Waals surface area (Å²) in [5.41, 5.74) is 3.59. The second-order valence-electron chi connectivity index (χ2n) is 5.68. The van der Waals surface area contributed by atoms with Crippen molar-refractivity contribution in [3.63, 3.8) is 0 Å². The fraction of sp³-hybridized carbons (Fsp3) is 0. The first-order chi connectivity index (χ1) is 12.8. The lowest BCUT2D eigenvalue weighted by Crippen LogP contribution is -2.07. The number of fused-ring (bicyclic) bond motifs is 1. The molecule has 0 bridgehead atoms. The van der Waals surface area contributed by atoms with Gasteiger partial charge in [-0.3, -0.25) is 9.78 Å². The number of anilines is 1. The number of thiazole rings is 1. The van der Waals surface area contributed by atoms with Gasteiger partial charge in [0.2, 0.25) is 5.91 Å². The fourth-order valence-corrected chi connectivity index (χ4v) is 3.52. The average molecular weight is 357 g/mol. The van der Waals surface area contributed by atoms with Crippen LogP contribution in [0.4, 0.5) is 5.69 Å². The molecule has 0 atom stereocenters. The molecule has 4 rings (SSSR count). The van der Waals surface area contributed by atoms with Crippen LogP contribution in [-0.2, 0) is 4.79 Å². The number of amides is 1. The lowest BCUT2D eigenvalue weighted by molar-refractivity contribution is -0.111. The molecule has 1 amide bonds. The third-order valence-electron chi connectivity index (χ3n) is 3.78. The van der Waals surface area contributed by atoms with Crippen LogP contribution in [-0.4, -0.2) is 15.9 Å². The Bertz CT molecular complexity index is 1050. The molecule has 0 saturated heterocycles. The number of carbonyl (C=O) groups is 1. The molecule has 26 heavy (non-hydrogen) atoms. The van der Waals surface area contributed by atoms with E-state index >= 15 is 0 Å². The summed E-state index contributed by atoms with van der Waals surface area (Å²) >= 11 is 1.64. The molecule has 2 aromatic heterocycles. The normalized spacial score (nSPS) is 11.1. The van der Waals surface area contributed by atoms with E-state index in [1.165, 1.54) is 6.08 Å². The van der Waals surface area contributed by atoms with E-state index < -0.39 is 0 Å². The van der Waals surface area contributed by atoms with E-state index in [1.807, 2.05) is 54.6 Å². The predicted molar refractivity (Wildman–Crippen MR) is 107 cm³/mol. The highest BCUT2D eigenvalue weighted by molar-refractivity contribution is 7.21. The molecule has 2 heterocycles. The number of aromatic nitrogens is 2. The van der Waals surface area contributed by atoms with Gasteiger partial charge in [0.25, 0.3) is 0 Å². The minimum atomic E-state index is -0.185. The van der Waals surface area contributed by atoms with Crippen molar-refractivity contribution in [1.82, 2.24) is 9.97 Å². The van der Waals surface area contributed by atoms with E-state index in [1.54, 1.807) is 29.8 Å². The second kappa shape index (κ2) is 7.29. The summed E-state index contributed by atoms with van der Waals surface area (Å²) in [4.78, 5) is 20.8. The summed E-state index contributed by atoms with van der Waals surface area (Å²) in [7, 11) is 0. The van der Waals surface area contributed by atoms with Crippen molar-refractivity contribution >= 4 is 39.2 Å². The van der Waals surface area contributed by atoms with E-state index in [4.69, 9.17) is 0 Å². The van der Waals surface area contributed by atoms with Crippen LogP contribution >= 0.6 is 11.3 Å². The number of hydrogen-bond acceptors (Lipinski definition) is 4. The first kappa shape index (κ1) is 16.2. The van der Waals surface area contributed by atoms with Gasteiger partial charge in [-0.1, -0.05) is 30.3 Å². The van der Waals surface area contributed by atoms with Gasteiger partial charge in [0.05, 0.1) is 10.2 Å². The summed E-state index contributed by atoms with van der Waals surface area (Å²) in [5, 5.41) is 3.82. The zero-order chi connectivity index (χ0) is 17.8. The Balaban J connectivity index is 1.52. The summed E-state index contributed by atoms with van der Waals surface area (Å²) < 4.78 is 1.15. The fourth-order valence-electron chi connectivity index (χ4n) is 2.56. The van der Waals surface area contributed by atoms with Crippen molar-refractivity contribution in [2.45, 2.75) is 0 Å². The number of hydrogen-bond donors (Lipinski definition) is 1. The van der Waals surface area contributed by atoms with Crippen molar-refractivity contribution in [2.75, 3.05) is 5.32 Å². The molecule has 0 saturated carbocycles. The van der Waals surface area contributed by atoms with Gasteiger partial charge in [-0.2, -0.15) is 0 Å². The number of para-hydroxylation sites is 1. The smallest absolute Gasteiger partial charge is 0.248 e. The maximum absolute atomic E-state index is 12.1. The van der Waals surface area contributed by atoms with Gasteiger partial charge in [-0.15, -0.1) is 11.3 Å². The van der Waals surface area contributed by atoms with Gasteiger partial charge in [-0.25, -0.2) is 4.98 Å². The van der Waals surface area contributed by atoms with Gasteiger partial charge < -0.3 is 5.32 Å². The Labute approximate surface area is 154 Å². The number of benzene rings is 2. The van der Waals surface area contributed by atoms with E-state index in [2.05, 4.69) is 21.4 Å². The first-order valence-corrected chi connectivity index (χ1v) is 8.95. The SMILES string of the molecule is O=C(/C=C/c1cccnc1)Nc1cccc(-c2nc3ccccc3s2)c1. The molecule has 5 heteroatoms. The van der Waals surface area contributed by atoms with Crippen molar-refractivity contribution in [2.24, 2.45) is 0 Å². The first-order valence-electron chi connectivity index (χ1n) is 8.13. The maximum Gasteiger partial charge on any atom is 0.248 e. The van der Waals surface area contributed by atoms with Crippen molar-refractivity contribution < 1.29 is 4.79 Å². The van der Waals surface area contributed by atoms with E-state index in [-0.39, 0.29) is 5.91 Å². The molecule has 4 nitrogen and oxygen atoms in total. The molecule has 0 aliphatic carbocycles. The van der Waals surface area contributed by atoms with Crippen LogP contribution < -0.4 is 5.32 Å². The minimum Gasteiger partial charge on any atom is -0.322 e. The average Bonchev–Trinajstić information content (AvgIpc) is 3.12. The van der Waals surface area contributed by atoms with Crippen LogP contribution in [0.3, 0.4) is 0 Å². The molecule has 0 radical (unpaired) electrons. The van der Waals surface area contributed by atoms with Crippen LogP contribution in [0, 0.1) is 0 Å². The molecular weight excluding hydrogens is 342 g/mol. The van der Waals surface area contributed by atoms with Gasteiger partial charge in [0.1, 0.15) is 5.01 Å². The Morgan fingerprint density at radius 1 is 1.04 bits per heavy atom. The van der Waals surface area contributed by atoms with Crippen molar-refractivity contribution in [3.05, 3.63) is 84.7 Å². The predicted octanol–water partition coefficient (Wildman–Crippen LogP) is 5.01. The van der Waals surface area contributed by atoms with Crippen LogP contribution in [0.15, 0.2) is 79.1 Å². The number of nitrogens with zero attached hydrogens (tertiary/aromatic N) is 2. The van der Waals surface area contributed by atoms with Gasteiger partial charge in [0.15, 0.2) is 0 Å². The third-order valence-corrected chi connectivity index (χ3v) is 4.87. The van der Waals surface area contributed by atoms with E-state index in [9.17, 15) is 4.79 Å². The molecule has 0 aliphatic rings. The lowest BCUT2D eigenvalue weighted by Gasteiger charge is -2.04. The lowest BCUT2D eigenvalue weighted by atomic mass is 10.2. The van der Waals surface area contributed by atoms with E-state index in [0.717, 1.165) is 32.0 Å². The van der Waals surface area contributed by atoms with Crippen LogP contribution in [0.2, 0.25) is 0 Å². The van der Waals surface area contributed by atoms with Crippen molar-refractivity contribution in [1.29, 1.82) is 0 Å². The number of pyridine rings is 1. The zero-order valence-corrected chi connectivity index (χ0v) is 14.6. The summed E-state index contributed by atoms with van der Waals surface area (Å²) in [6.07, 6.45) is 6.64. The maximum atomic E-state index is 12.1. The Morgan fingerprint density at radius 2 is 1.96 bits per heavy atom. The highest BCUT2D eigenvalue weighted by Crippen LogP contribution is 2.31. The van der Waals surface area contributed by atoms with Crippen molar-refractivity contribution in [3.8, 4) is 10.6 Å². The van der Waals surface area contributed by atoms with Gasteiger partial charge in [0, 0.05) is 29.7 Å². The summed E-state index contributed by atoms with van der Waals surface area (Å²) in [6, 6.07) is 19.5. The third kappa shape index (κ3) is 3.68. The largest absolute Gasteiger partial charge is 0.322 e. The number of carbonyl (C=O) groups excluding carboxylic acids is 1. The molecule has 1 N–H and O–H groups in total. The Hall–Kier alpha value is -3.31. The summed E-state index contributed by atoms with van der Waals surface area (Å²) in [5.74, 6) is -0.185. The molecule has 0 spiro atoms. The molecule has 4 aromatic rings. The van der Waals surface area contributed by atoms with Crippen LogP contribution in [0.1, 0.15) is 5.56 Å². The van der Waals surface area contributed by atoms with Gasteiger partial charge >= 0.3 is 0 Å². The quantitative estimate of drug-likeness (QED) is 0.522. The summed E-state index contributed by atoms with van der Waals surface area (Å²) in [6.45, 7) is 0. The topological polar surface area (TPSA) is 54.9 Å². The molecule has 126 valence electrons. The molecule has 0 fully saturated rings. The zero-order valence-electron chi connectivity index (χ0n) is 13.8. The highest BCUT2D eigenvalue weighted by Gasteiger charge is 2.07. The monoisotopic (exact) mass is 357 g/mol. The number of rotatable bonds is 4. The molecule has 2 aromatic carbocycles.